The van der Waals surface area contributed by atoms with Crippen LogP contribution in [0, 0.1) is 7.14 Å². The van der Waals surface area contributed by atoms with Crippen molar-refractivity contribution < 1.29 is 17.9 Å². The molecule has 30 heavy (non-hydrogen) atoms. The van der Waals surface area contributed by atoms with Crippen molar-refractivity contribution in [1.29, 1.82) is 0 Å². The molecule has 4 nitrogen and oxygen atoms in total. The van der Waals surface area contributed by atoms with Crippen molar-refractivity contribution in [2.24, 2.45) is 5.10 Å². The Morgan fingerprint density at radius 2 is 1.73 bits per heavy atom. The van der Waals surface area contributed by atoms with Crippen molar-refractivity contribution in [2.75, 3.05) is 5.43 Å². The summed E-state index contributed by atoms with van der Waals surface area (Å²) in [5.41, 5.74) is 3.70. The minimum atomic E-state index is -4.41. The second kappa shape index (κ2) is 10.3. The Morgan fingerprint density at radius 1 is 1.07 bits per heavy atom. The maximum atomic E-state index is 12.6. The summed E-state index contributed by atoms with van der Waals surface area (Å²) in [5.74, 6) is 1.01. The number of anilines is 1. The molecule has 0 bridgehead atoms. The van der Waals surface area contributed by atoms with Crippen molar-refractivity contribution in [3.63, 3.8) is 0 Å². The highest BCUT2D eigenvalue weighted by Gasteiger charge is 2.30. The van der Waals surface area contributed by atoms with Gasteiger partial charge in [-0.25, -0.2) is 4.98 Å². The monoisotopic (exact) mass is 701 g/mol. The Hall–Kier alpha value is -1.41. The van der Waals surface area contributed by atoms with Gasteiger partial charge in [-0.05, 0) is 92.7 Å². The zero-order chi connectivity index (χ0) is 21.7. The van der Waals surface area contributed by atoms with Gasteiger partial charge in [-0.15, -0.1) is 0 Å². The number of ether oxygens (including phenoxy) is 1. The van der Waals surface area contributed by atoms with Crippen LogP contribution in [0.25, 0.3) is 0 Å². The first-order valence-electron chi connectivity index (χ1n) is 8.41. The number of alkyl halides is 3. The third-order valence-electron chi connectivity index (χ3n) is 3.80. The molecule has 10 heteroatoms. The maximum absolute atomic E-state index is 12.6. The lowest BCUT2D eigenvalue weighted by molar-refractivity contribution is -0.137. The van der Waals surface area contributed by atoms with Gasteiger partial charge in [0.05, 0.1) is 18.9 Å². The number of aromatic nitrogens is 1. The first-order chi connectivity index (χ1) is 14.2. The molecule has 156 valence electrons. The van der Waals surface area contributed by atoms with E-state index >= 15 is 0 Å². The van der Waals surface area contributed by atoms with E-state index in [1.54, 1.807) is 6.21 Å². The first-order valence-corrected chi connectivity index (χ1v) is 11.4. The van der Waals surface area contributed by atoms with Crippen LogP contribution in [0.4, 0.5) is 19.0 Å². The van der Waals surface area contributed by atoms with Crippen LogP contribution in [0.1, 0.15) is 16.7 Å². The highest BCUT2D eigenvalue weighted by Crippen LogP contribution is 2.30. The van der Waals surface area contributed by atoms with E-state index in [0.717, 1.165) is 40.8 Å². The summed E-state index contributed by atoms with van der Waals surface area (Å²) in [7, 11) is 0. The van der Waals surface area contributed by atoms with E-state index in [-0.39, 0.29) is 5.82 Å². The highest BCUT2D eigenvalue weighted by molar-refractivity contribution is 14.1. The second-order valence-corrected chi connectivity index (χ2v) is 9.27. The predicted octanol–water partition coefficient (Wildman–Crippen LogP) is 7.10. The third kappa shape index (κ3) is 6.54. The van der Waals surface area contributed by atoms with Crippen LogP contribution < -0.4 is 10.2 Å². The molecule has 0 atom stereocenters. The van der Waals surface area contributed by atoms with Crippen molar-refractivity contribution in [3.05, 3.63) is 83.0 Å². The van der Waals surface area contributed by atoms with Gasteiger partial charge in [-0.2, -0.15) is 18.3 Å². The molecule has 1 heterocycles. The Balaban J connectivity index is 1.63. The number of pyridine rings is 1. The van der Waals surface area contributed by atoms with Crippen molar-refractivity contribution >= 4 is 73.1 Å². The molecule has 0 amide bonds. The number of hydrogen-bond donors (Lipinski definition) is 1. The number of benzene rings is 2. The summed E-state index contributed by atoms with van der Waals surface area (Å²) in [6.45, 7) is 0.452. The molecular formula is C20H13BrF3I2N3O. The van der Waals surface area contributed by atoms with Gasteiger partial charge < -0.3 is 4.74 Å². The summed E-state index contributed by atoms with van der Waals surface area (Å²) < 4.78 is 46.5. The zero-order valence-electron chi connectivity index (χ0n) is 15.1. The fourth-order valence-corrected chi connectivity index (χ4v) is 4.72. The molecule has 3 aromatic rings. The van der Waals surface area contributed by atoms with Gasteiger partial charge in [0, 0.05) is 10.7 Å². The molecule has 0 aliphatic heterocycles. The van der Waals surface area contributed by atoms with Gasteiger partial charge in [-0.1, -0.05) is 28.1 Å². The molecule has 0 fully saturated rings. The maximum Gasteiger partial charge on any atom is 0.417 e. The topological polar surface area (TPSA) is 46.5 Å². The Morgan fingerprint density at radius 3 is 2.30 bits per heavy atom. The van der Waals surface area contributed by atoms with Crippen molar-refractivity contribution in [2.45, 2.75) is 12.8 Å². The largest absolute Gasteiger partial charge is 0.487 e. The Kier molecular flexibility index (Phi) is 7.96. The summed E-state index contributed by atoms with van der Waals surface area (Å²) in [6, 6.07) is 13.9. The number of hydrazone groups is 1. The highest BCUT2D eigenvalue weighted by atomic mass is 127. The average molecular weight is 702 g/mol. The lowest BCUT2D eigenvalue weighted by Gasteiger charge is -2.11. The fraction of sp³-hybridized carbons (Fsp3) is 0.100. The van der Waals surface area contributed by atoms with E-state index in [9.17, 15) is 13.2 Å². The third-order valence-corrected chi connectivity index (χ3v) is 5.93. The molecule has 0 saturated heterocycles. The minimum absolute atomic E-state index is 0.220. The summed E-state index contributed by atoms with van der Waals surface area (Å²) in [6.07, 6.45) is -2.08. The van der Waals surface area contributed by atoms with Crippen LogP contribution in [0.2, 0.25) is 0 Å². The van der Waals surface area contributed by atoms with E-state index in [2.05, 4.69) is 76.6 Å². The number of halogens is 6. The van der Waals surface area contributed by atoms with Gasteiger partial charge in [0.25, 0.3) is 0 Å². The van der Waals surface area contributed by atoms with Crippen LogP contribution in [0.3, 0.4) is 0 Å². The molecule has 0 saturated carbocycles. The van der Waals surface area contributed by atoms with E-state index in [1.807, 2.05) is 36.4 Å². The van der Waals surface area contributed by atoms with Crippen LogP contribution in [0.5, 0.6) is 5.75 Å². The molecule has 0 spiro atoms. The zero-order valence-corrected chi connectivity index (χ0v) is 21.0. The smallest absolute Gasteiger partial charge is 0.417 e. The van der Waals surface area contributed by atoms with Gasteiger partial charge in [0.2, 0.25) is 0 Å². The second-order valence-electron chi connectivity index (χ2n) is 6.03. The predicted molar refractivity (Wildman–Crippen MR) is 131 cm³/mol. The SMILES string of the molecule is FC(F)(F)c1ccc(N/N=C\c2cc(I)c(OCc3ccc(Br)cc3)c(I)c2)nc1. The van der Waals surface area contributed by atoms with Gasteiger partial charge in [0.15, 0.2) is 0 Å². The number of rotatable bonds is 6. The molecule has 0 aliphatic rings. The molecule has 2 aromatic carbocycles. The van der Waals surface area contributed by atoms with E-state index in [1.165, 1.54) is 6.07 Å². The molecular weight excluding hydrogens is 689 g/mol. The van der Waals surface area contributed by atoms with Crippen LogP contribution in [-0.2, 0) is 12.8 Å². The molecule has 1 N–H and O–H groups in total. The lowest BCUT2D eigenvalue weighted by Crippen LogP contribution is -2.05. The Labute approximate surface area is 206 Å². The molecule has 3 rings (SSSR count). The molecule has 0 radical (unpaired) electrons. The molecule has 1 aromatic heterocycles. The van der Waals surface area contributed by atoms with Crippen LogP contribution in [0.15, 0.2) is 64.3 Å². The van der Waals surface area contributed by atoms with Gasteiger partial charge in [-0.3, -0.25) is 5.43 Å². The van der Waals surface area contributed by atoms with E-state index in [4.69, 9.17) is 4.74 Å². The normalized spacial score (nSPS) is 11.7. The fourth-order valence-electron chi connectivity index (χ4n) is 2.33. The number of hydrogen-bond acceptors (Lipinski definition) is 4. The molecule has 0 unspecified atom stereocenters. The first kappa shape index (κ1) is 23.3. The number of nitrogens with zero attached hydrogens (tertiary/aromatic N) is 2. The average Bonchev–Trinajstić information content (AvgIpc) is 2.68. The van der Waals surface area contributed by atoms with Crippen LogP contribution >= 0.6 is 61.1 Å². The summed E-state index contributed by atoms with van der Waals surface area (Å²) in [5, 5.41) is 4.05. The van der Waals surface area contributed by atoms with E-state index in [0.29, 0.717) is 6.61 Å². The van der Waals surface area contributed by atoms with Crippen LogP contribution in [-0.4, -0.2) is 11.2 Å². The minimum Gasteiger partial charge on any atom is -0.487 e. The quantitative estimate of drug-likeness (QED) is 0.170. The van der Waals surface area contributed by atoms with Crippen molar-refractivity contribution in [3.8, 4) is 5.75 Å². The van der Waals surface area contributed by atoms with Gasteiger partial charge >= 0.3 is 6.18 Å². The lowest BCUT2D eigenvalue weighted by atomic mass is 10.2. The summed E-state index contributed by atoms with van der Waals surface area (Å²) in [4.78, 5) is 3.71. The van der Waals surface area contributed by atoms with Gasteiger partial charge in [0.1, 0.15) is 18.2 Å². The Bertz CT molecular complexity index is 1020. The standard InChI is InChI=1S/C20H13BrF3I2N3O/c21-15-4-1-12(2-5-15)11-30-19-16(25)7-13(8-17(19)26)9-28-29-18-6-3-14(10-27-18)20(22,23)24/h1-10H,11H2,(H,27,29)/b28-9-. The number of nitrogens with one attached hydrogen (secondary N) is 1. The van der Waals surface area contributed by atoms with E-state index < -0.39 is 11.7 Å². The van der Waals surface area contributed by atoms with Crippen molar-refractivity contribution in [1.82, 2.24) is 4.98 Å². The molecule has 0 aliphatic carbocycles. The summed E-state index contributed by atoms with van der Waals surface area (Å²) >= 11 is 7.80.